The summed E-state index contributed by atoms with van der Waals surface area (Å²) in [5, 5.41) is 31.3. The van der Waals surface area contributed by atoms with Gasteiger partial charge < -0.3 is 20.6 Å². The molecule has 0 amide bonds. The number of carbonyl (C=O) groups is 1. The van der Waals surface area contributed by atoms with Gasteiger partial charge in [0.1, 0.15) is 11.5 Å². The molecule has 0 saturated carbocycles. The third-order valence-corrected chi connectivity index (χ3v) is 3.29. The summed E-state index contributed by atoms with van der Waals surface area (Å²) in [5.41, 5.74) is 1.06. The number of aliphatic carboxylic acids is 1. The van der Waals surface area contributed by atoms with Gasteiger partial charge in [0.15, 0.2) is 0 Å². The fourth-order valence-electron chi connectivity index (χ4n) is 2.15. The van der Waals surface area contributed by atoms with Crippen LogP contribution in [0.15, 0.2) is 12.1 Å². The molecule has 2 rings (SSSR count). The molecule has 0 radical (unpaired) electrons. The van der Waals surface area contributed by atoms with E-state index in [0.29, 0.717) is 24.1 Å². The Labute approximate surface area is 98.7 Å². The predicted molar refractivity (Wildman–Crippen MR) is 61.0 cm³/mol. The minimum absolute atomic E-state index is 0.0357. The summed E-state index contributed by atoms with van der Waals surface area (Å²) in [7, 11) is 0. The molecule has 1 fully saturated rings. The van der Waals surface area contributed by atoms with E-state index in [9.17, 15) is 15.0 Å². The first-order valence-electron chi connectivity index (χ1n) is 5.48. The zero-order valence-electron chi connectivity index (χ0n) is 9.47. The molecule has 0 spiro atoms. The van der Waals surface area contributed by atoms with E-state index in [0.717, 1.165) is 0 Å². The first-order chi connectivity index (χ1) is 8.00. The molecule has 1 aliphatic heterocycles. The fraction of sp³-hybridized carbons (Fsp3) is 0.417. The second-order valence-corrected chi connectivity index (χ2v) is 4.38. The smallest absolute Gasteiger partial charge is 0.307 e. The number of benzene rings is 1. The highest BCUT2D eigenvalue weighted by molar-refractivity contribution is 5.71. The van der Waals surface area contributed by atoms with Crippen LogP contribution in [0.4, 0.5) is 0 Å². The van der Waals surface area contributed by atoms with E-state index in [2.05, 4.69) is 5.32 Å². The first kappa shape index (κ1) is 11.7. The van der Waals surface area contributed by atoms with E-state index in [1.807, 2.05) is 0 Å². The zero-order valence-corrected chi connectivity index (χ0v) is 9.47. The van der Waals surface area contributed by atoms with E-state index in [1.165, 1.54) is 6.07 Å². The summed E-state index contributed by atoms with van der Waals surface area (Å²) in [6.07, 6.45) is 0.451. The summed E-state index contributed by atoms with van der Waals surface area (Å²) in [6, 6.07) is 2.97. The molecule has 1 saturated heterocycles. The lowest BCUT2D eigenvalue weighted by atomic mass is 9.97. The molecule has 0 bridgehead atoms. The van der Waals surface area contributed by atoms with E-state index in [1.54, 1.807) is 13.0 Å². The lowest BCUT2D eigenvalue weighted by Gasteiger charge is -2.14. The van der Waals surface area contributed by atoms with Crippen LogP contribution in [-0.2, 0) is 4.79 Å². The highest BCUT2D eigenvalue weighted by Gasteiger charge is 2.31. The van der Waals surface area contributed by atoms with Crippen molar-refractivity contribution in [2.45, 2.75) is 19.4 Å². The van der Waals surface area contributed by atoms with Crippen molar-refractivity contribution in [2.75, 3.05) is 6.54 Å². The number of carboxylic acid groups (broad SMARTS) is 1. The van der Waals surface area contributed by atoms with Crippen LogP contribution < -0.4 is 5.32 Å². The van der Waals surface area contributed by atoms with Gasteiger partial charge in [-0.25, -0.2) is 0 Å². The topological polar surface area (TPSA) is 89.8 Å². The number of carboxylic acids is 1. The first-order valence-corrected chi connectivity index (χ1v) is 5.48. The van der Waals surface area contributed by atoms with Crippen molar-refractivity contribution >= 4 is 5.97 Å². The minimum Gasteiger partial charge on any atom is -0.508 e. The van der Waals surface area contributed by atoms with Crippen LogP contribution in [0.1, 0.15) is 23.6 Å². The second-order valence-electron chi connectivity index (χ2n) is 4.38. The number of aromatic hydroxyl groups is 2. The number of phenolic OH excluding ortho intramolecular Hbond substituents is 2. The van der Waals surface area contributed by atoms with E-state index in [-0.39, 0.29) is 17.5 Å². The molecule has 0 aliphatic carbocycles. The summed E-state index contributed by atoms with van der Waals surface area (Å²) in [5.74, 6) is -1.17. The Morgan fingerprint density at radius 2 is 2.12 bits per heavy atom. The SMILES string of the molecule is Cc1c(O)ccc(C2CC(C(=O)O)CN2)c1O. The van der Waals surface area contributed by atoms with Gasteiger partial charge >= 0.3 is 5.97 Å². The lowest BCUT2D eigenvalue weighted by Crippen LogP contribution is -2.17. The number of phenols is 2. The number of hydrogen-bond acceptors (Lipinski definition) is 4. The third-order valence-electron chi connectivity index (χ3n) is 3.29. The molecular formula is C12H15NO4. The molecule has 92 valence electrons. The van der Waals surface area contributed by atoms with Crippen molar-refractivity contribution in [2.24, 2.45) is 5.92 Å². The molecular weight excluding hydrogens is 222 g/mol. The van der Waals surface area contributed by atoms with Crippen LogP contribution in [0.5, 0.6) is 11.5 Å². The highest BCUT2D eigenvalue weighted by atomic mass is 16.4. The van der Waals surface area contributed by atoms with Gasteiger partial charge in [0.25, 0.3) is 0 Å². The summed E-state index contributed by atoms with van der Waals surface area (Å²) in [6.45, 7) is 2.02. The van der Waals surface area contributed by atoms with Gasteiger partial charge in [-0.3, -0.25) is 4.79 Å². The van der Waals surface area contributed by atoms with Gasteiger partial charge in [0.05, 0.1) is 5.92 Å². The molecule has 5 nitrogen and oxygen atoms in total. The quantitative estimate of drug-likeness (QED) is 0.619. The van der Waals surface area contributed by atoms with Crippen LogP contribution in [0, 0.1) is 12.8 Å². The molecule has 0 aromatic heterocycles. The van der Waals surface area contributed by atoms with Crippen molar-refractivity contribution in [1.29, 1.82) is 0 Å². The van der Waals surface area contributed by atoms with E-state index < -0.39 is 11.9 Å². The molecule has 2 atom stereocenters. The Bertz CT molecular complexity index is 458. The maximum absolute atomic E-state index is 10.8. The van der Waals surface area contributed by atoms with Crippen LogP contribution in [-0.4, -0.2) is 27.8 Å². The number of hydrogen-bond donors (Lipinski definition) is 4. The second kappa shape index (κ2) is 4.25. The van der Waals surface area contributed by atoms with Crippen molar-refractivity contribution in [3.63, 3.8) is 0 Å². The Hall–Kier alpha value is -1.75. The Kier molecular flexibility index (Phi) is 2.93. The molecule has 1 aromatic carbocycles. The zero-order chi connectivity index (χ0) is 12.6. The molecule has 1 aromatic rings. The molecule has 4 N–H and O–H groups in total. The van der Waals surface area contributed by atoms with Crippen molar-refractivity contribution in [3.8, 4) is 11.5 Å². The van der Waals surface area contributed by atoms with Gasteiger partial charge in [0, 0.05) is 23.7 Å². The number of nitrogens with one attached hydrogen (secondary N) is 1. The maximum atomic E-state index is 10.8. The Morgan fingerprint density at radius 3 is 2.71 bits per heavy atom. The van der Waals surface area contributed by atoms with Crippen LogP contribution >= 0.6 is 0 Å². The third kappa shape index (κ3) is 2.06. The van der Waals surface area contributed by atoms with Crippen LogP contribution in [0.3, 0.4) is 0 Å². The van der Waals surface area contributed by atoms with Crippen LogP contribution in [0.2, 0.25) is 0 Å². The normalized spacial score (nSPS) is 23.8. The van der Waals surface area contributed by atoms with Gasteiger partial charge in [-0.05, 0) is 19.4 Å². The maximum Gasteiger partial charge on any atom is 0.307 e. The molecule has 5 heteroatoms. The average Bonchev–Trinajstić information content (AvgIpc) is 2.75. The van der Waals surface area contributed by atoms with E-state index >= 15 is 0 Å². The predicted octanol–water partition coefficient (Wildman–Crippen LogP) is 1.14. The average molecular weight is 237 g/mol. The summed E-state index contributed by atoms with van der Waals surface area (Å²) in [4.78, 5) is 10.8. The minimum atomic E-state index is -0.824. The Balaban J connectivity index is 2.25. The largest absolute Gasteiger partial charge is 0.508 e. The van der Waals surface area contributed by atoms with Gasteiger partial charge in [0.2, 0.25) is 0 Å². The fourth-order valence-corrected chi connectivity index (χ4v) is 2.15. The number of rotatable bonds is 2. The van der Waals surface area contributed by atoms with Crippen molar-refractivity contribution in [1.82, 2.24) is 5.32 Å². The summed E-state index contributed by atoms with van der Waals surface area (Å²) < 4.78 is 0. The monoisotopic (exact) mass is 237 g/mol. The molecule has 1 heterocycles. The van der Waals surface area contributed by atoms with Crippen LogP contribution in [0.25, 0.3) is 0 Å². The van der Waals surface area contributed by atoms with E-state index in [4.69, 9.17) is 5.11 Å². The standard InChI is InChI=1S/C12H15NO4/c1-6-10(14)3-2-8(11(6)15)9-4-7(5-13-9)12(16)17/h2-3,7,9,13-15H,4-5H2,1H3,(H,16,17). The molecule has 1 aliphatic rings. The van der Waals surface area contributed by atoms with Gasteiger partial charge in [-0.1, -0.05) is 6.07 Å². The summed E-state index contributed by atoms with van der Waals surface area (Å²) >= 11 is 0. The van der Waals surface area contributed by atoms with Crippen molar-refractivity contribution < 1.29 is 20.1 Å². The molecule has 17 heavy (non-hydrogen) atoms. The highest BCUT2D eigenvalue weighted by Crippen LogP contribution is 2.37. The lowest BCUT2D eigenvalue weighted by molar-refractivity contribution is -0.141. The van der Waals surface area contributed by atoms with Crippen molar-refractivity contribution in [3.05, 3.63) is 23.3 Å². The Morgan fingerprint density at radius 1 is 1.41 bits per heavy atom. The van der Waals surface area contributed by atoms with Gasteiger partial charge in [-0.15, -0.1) is 0 Å². The molecule has 2 unspecified atom stereocenters. The van der Waals surface area contributed by atoms with Gasteiger partial charge in [-0.2, -0.15) is 0 Å².